The number of carbonyl (C=O) groups is 2. The first-order valence-electron chi connectivity index (χ1n) is 20.8. The standard InChI is InChI=1S/C48H60N2O4/c51-47(53-35-19-33-49(29-15-5-16-30-49)37-39-21-7-1-8-22-39)45-43(41-25-11-3-12-26-41)46(44(45)42-27-13-4-14-28-42)48(52)54-36-20-34-50(31-17-6-18-32-50)38-40-23-9-2-10-24-40/h1-4,7-14,21-28,43-46H,5-6,15-20,29-38H2/q+2. The molecule has 3 fully saturated rings. The zero-order chi connectivity index (χ0) is 37.1. The van der Waals surface area contributed by atoms with Crippen molar-refractivity contribution in [2.75, 3.05) is 52.5 Å². The largest absolute Gasteiger partial charge is 0.465 e. The minimum atomic E-state index is -0.456. The number of hydrogen-bond acceptors (Lipinski definition) is 4. The van der Waals surface area contributed by atoms with Gasteiger partial charge in [0.25, 0.3) is 0 Å². The molecule has 4 aromatic carbocycles. The van der Waals surface area contributed by atoms with E-state index < -0.39 is 11.8 Å². The molecule has 0 radical (unpaired) electrons. The molecule has 0 bridgehead atoms. The first-order chi connectivity index (χ1) is 26.5. The van der Waals surface area contributed by atoms with Crippen molar-refractivity contribution in [3.8, 4) is 0 Å². The van der Waals surface area contributed by atoms with E-state index in [1.165, 1.54) is 75.8 Å². The smallest absolute Gasteiger partial charge is 0.310 e. The van der Waals surface area contributed by atoms with Gasteiger partial charge in [0.05, 0.1) is 64.3 Å². The van der Waals surface area contributed by atoms with Crippen LogP contribution in [0.15, 0.2) is 121 Å². The molecule has 2 saturated heterocycles. The van der Waals surface area contributed by atoms with Gasteiger partial charge in [0, 0.05) is 35.8 Å². The second-order valence-electron chi connectivity index (χ2n) is 16.4. The molecule has 0 unspecified atom stereocenters. The number of likely N-dealkylation sites (tertiary alicyclic amines) is 2. The topological polar surface area (TPSA) is 52.6 Å². The van der Waals surface area contributed by atoms with Crippen molar-refractivity contribution in [3.63, 3.8) is 0 Å². The van der Waals surface area contributed by atoms with Crippen LogP contribution in [0.1, 0.15) is 85.5 Å². The number of hydrogen-bond donors (Lipinski definition) is 0. The molecule has 0 spiro atoms. The van der Waals surface area contributed by atoms with Crippen LogP contribution in [-0.2, 0) is 32.2 Å². The van der Waals surface area contributed by atoms with E-state index in [-0.39, 0.29) is 23.8 Å². The Kier molecular flexibility index (Phi) is 12.9. The highest BCUT2D eigenvalue weighted by Gasteiger charge is 2.59. The summed E-state index contributed by atoms with van der Waals surface area (Å²) in [5.74, 6) is -1.91. The highest BCUT2D eigenvalue weighted by atomic mass is 16.5. The molecule has 3 aliphatic rings. The number of esters is 2. The monoisotopic (exact) mass is 728 g/mol. The Balaban J connectivity index is 1.02. The summed E-state index contributed by atoms with van der Waals surface area (Å²) in [7, 11) is 0. The summed E-state index contributed by atoms with van der Waals surface area (Å²) in [5.41, 5.74) is 4.74. The minimum Gasteiger partial charge on any atom is -0.465 e. The maximum atomic E-state index is 14.2. The summed E-state index contributed by atoms with van der Waals surface area (Å²) in [6.07, 6.45) is 9.24. The molecule has 7 rings (SSSR count). The number of carbonyl (C=O) groups excluding carboxylic acids is 2. The van der Waals surface area contributed by atoms with Crippen LogP contribution in [0.3, 0.4) is 0 Å². The van der Waals surface area contributed by atoms with Gasteiger partial charge in [-0.2, -0.15) is 0 Å². The third-order valence-corrected chi connectivity index (χ3v) is 12.8. The lowest BCUT2D eigenvalue weighted by Gasteiger charge is -2.49. The summed E-state index contributed by atoms with van der Waals surface area (Å²) < 4.78 is 14.5. The third kappa shape index (κ3) is 9.33. The molecule has 6 nitrogen and oxygen atoms in total. The molecular weight excluding hydrogens is 669 g/mol. The molecular formula is C48H60N2O4+2. The average Bonchev–Trinajstić information content (AvgIpc) is 3.20. The number of quaternary nitrogens is 2. The van der Waals surface area contributed by atoms with Gasteiger partial charge in [0.1, 0.15) is 13.1 Å². The lowest BCUT2D eigenvalue weighted by molar-refractivity contribution is -0.945. The number of benzene rings is 4. The van der Waals surface area contributed by atoms with E-state index in [2.05, 4.69) is 60.7 Å². The predicted molar refractivity (Wildman–Crippen MR) is 214 cm³/mol. The van der Waals surface area contributed by atoms with Crippen LogP contribution in [-0.4, -0.2) is 73.4 Å². The first kappa shape index (κ1) is 38.0. The van der Waals surface area contributed by atoms with Gasteiger partial charge in [0.15, 0.2) is 0 Å². The normalized spacial score (nSPS) is 23.1. The fourth-order valence-electron chi connectivity index (χ4n) is 10.1. The maximum absolute atomic E-state index is 14.2. The second kappa shape index (κ2) is 18.4. The predicted octanol–water partition coefficient (Wildman–Crippen LogP) is 9.07. The Morgan fingerprint density at radius 3 is 1.15 bits per heavy atom. The van der Waals surface area contributed by atoms with Crippen molar-refractivity contribution in [1.82, 2.24) is 0 Å². The number of piperidine rings is 2. The summed E-state index contributed by atoms with van der Waals surface area (Å²) in [4.78, 5) is 28.4. The molecule has 54 heavy (non-hydrogen) atoms. The molecule has 0 N–H and O–H groups in total. The van der Waals surface area contributed by atoms with Crippen LogP contribution in [0.2, 0.25) is 0 Å². The van der Waals surface area contributed by atoms with E-state index in [1.807, 2.05) is 60.7 Å². The van der Waals surface area contributed by atoms with E-state index in [0.717, 1.165) is 59.1 Å². The van der Waals surface area contributed by atoms with Gasteiger partial charge >= 0.3 is 11.9 Å². The van der Waals surface area contributed by atoms with E-state index in [9.17, 15) is 9.59 Å². The van der Waals surface area contributed by atoms with Crippen LogP contribution in [0.25, 0.3) is 0 Å². The number of ether oxygens (including phenoxy) is 2. The van der Waals surface area contributed by atoms with Gasteiger partial charge < -0.3 is 18.4 Å². The molecule has 0 amide bonds. The zero-order valence-electron chi connectivity index (χ0n) is 32.1. The Morgan fingerprint density at radius 2 is 0.796 bits per heavy atom. The Hall–Kier alpha value is -4.26. The molecule has 4 aromatic rings. The van der Waals surface area contributed by atoms with Gasteiger partial charge in [-0.25, -0.2) is 0 Å². The van der Waals surface area contributed by atoms with Crippen molar-refractivity contribution in [2.24, 2.45) is 11.8 Å². The summed E-state index contributed by atoms with van der Waals surface area (Å²) >= 11 is 0. The van der Waals surface area contributed by atoms with Crippen LogP contribution in [0.5, 0.6) is 0 Å². The molecule has 2 heterocycles. The van der Waals surface area contributed by atoms with Crippen molar-refractivity contribution in [2.45, 2.75) is 76.3 Å². The molecule has 2 aliphatic heterocycles. The minimum absolute atomic E-state index is 0.201. The Bertz CT molecular complexity index is 1600. The fourth-order valence-corrected chi connectivity index (χ4v) is 10.1. The number of nitrogens with zero attached hydrogens (tertiary/aromatic N) is 2. The summed E-state index contributed by atoms with van der Waals surface area (Å²) in [5, 5.41) is 0. The van der Waals surface area contributed by atoms with Crippen LogP contribution >= 0.6 is 0 Å². The van der Waals surface area contributed by atoms with Gasteiger partial charge in [-0.1, -0.05) is 121 Å². The van der Waals surface area contributed by atoms with E-state index in [0.29, 0.717) is 13.2 Å². The molecule has 0 atom stereocenters. The average molecular weight is 729 g/mol. The van der Waals surface area contributed by atoms with Crippen LogP contribution in [0.4, 0.5) is 0 Å². The zero-order valence-corrected chi connectivity index (χ0v) is 32.1. The van der Waals surface area contributed by atoms with Crippen molar-refractivity contribution in [1.29, 1.82) is 0 Å². The van der Waals surface area contributed by atoms with Gasteiger partial charge in [-0.15, -0.1) is 0 Å². The fraction of sp³-hybridized carbons (Fsp3) is 0.458. The SMILES string of the molecule is O=C(OCCC[N+]1(Cc2ccccc2)CCCCC1)C1C(c2ccccc2)C(C(=O)OCCC[N+]2(Cc3ccccc3)CCCCC2)C1c1ccccc1. The van der Waals surface area contributed by atoms with E-state index in [1.54, 1.807) is 0 Å². The summed E-state index contributed by atoms with van der Waals surface area (Å²) in [6.45, 7) is 9.54. The van der Waals surface area contributed by atoms with Crippen molar-refractivity contribution in [3.05, 3.63) is 144 Å². The van der Waals surface area contributed by atoms with E-state index in [4.69, 9.17) is 9.47 Å². The third-order valence-electron chi connectivity index (χ3n) is 12.8. The first-order valence-corrected chi connectivity index (χ1v) is 20.8. The van der Waals surface area contributed by atoms with Crippen molar-refractivity contribution >= 4 is 11.9 Å². The van der Waals surface area contributed by atoms with Crippen molar-refractivity contribution < 1.29 is 28.0 Å². The lowest BCUT2D eigenvalue weighted by Crippen LogP contribution is -2.53. The molecule has 1 saturated carbocycles. The second-order valence-corrected chi connectivity index (χ2v) is 16.4. The maximum Gasteiger partial charge on any atom is 0.310 e. The molecule has 0 aromatic heterocycles. The lowest BCUT2D eigenvalue weighted by atomic mass is 9.52. The Morgan fingerprint density at radius 1 is 0.463 bits per heavy atom. The van der Waals surface area contributed by atoms with Gasteiger partial charge in [-0.05, 0) is 49.7 Å². The van der Waals surface area contributed by atoms with E-state index >= 15 is 0 Å². The Labute approximate surface area is 323 Å². The van der Waals surface area contributed by atoms with Crippen LogP contribution < -0.4 is 0 Å². The molecule has 6 heteroatoms. The highest BCUT2D eigenvalue weighted by Crippen LogP contribution is 2.58. The number of rotatable bonds is 16. The van der Waals surface area contributed by atoms with Gasteiger partial charge in [-0.3, -0.25) is 9.59 Å². The quantitative estimate of drug-likeness (QED) is 0.0657. The molecule has 284 valence electrons. The summed E-state index contributed by atoms with van der Waals surface area (Å²) in [6, 6.07) is 41.8. The molecule has 1 aliphatic carbocycles. The highest BCUT2D eigenvalue weighted by molar-refractivity contribution is 5.85. The van der Waals surface area contributed by atoms with Gasteiger partial charge in [0.2, 0.25) is 0 Å². The van der Waals surface area contributed by atoms with Crippen LogP contribution in [0, 0.1) is 11.8 Å².